The molecule has 2 heterocycles. The molecule has 0 saturated heterocycles. The van der Waals surface area contributed by atoms with E-state index >= 15 is 0 Å². The molecule has 10 heteroatoms. The van der Waals surface area contributed by atoms with Gasteiger partial charge >= 0.3 is 6.18 Å². The van der Waals surface area contributed by atoms with Crippen molar-refractivity contribution in [1.29, 1.82) is 0 Å². The highest BCUT2D eigenvalue weighted by Crippen LogP contribution is 2.31. The third-order valence-electron chi connectivity index (χ3n) is 2.71. The SMILES string of the molecule is Cc1nnc([C@@H](C)S(=O)(=O)c2ccc(C(F)(F)F)cn2)o1. The summed E-state index contributed by atoms with van der Waals surface area (Å²) in [6.45, 7) is 2.79. The minimum Gasteiger partial charge on any atom is -0.424 e. The molecule has 0 fully saturated rings. The van der Waals surface area contributed by atoms with Crippen LogP contribution in [0.25, 0.3) is 0 Å². The van der Waals surface area contributed by atoms with E-state index in [-0.39, 0.29) is 11.8 Å². The molecule has 0 radical (unpaired) electrons. The fourth-order valence-electron chi connectivity index (χ4n) is 1.51. The molecule has 0 unspecified atom stereocenters. The van der Waals surface area contributed by atoms with Gasteiger partial charge in [-0.3, -0.25) is 0 Å². The van der Waals surface area contributed by atoms with Gasteiger partial charge in [0.1, 0.15) is 5.25 Å². The van der Waals surface area contributed by atoms with Crippen LogP contribution in [0.5, 0.6) is 0 Å². The van der Waals surface area contributed by atoms with Gasteiger partial charge in [0, 0.05) is 13.1 Å². The van der Waals surface area contributed by atoms with Crippen molar-refractivity contribution in [3.8, 4) is 0 Å². The Morgan fingerprint density at radius 2 is 1.90 bits per heavy atom. The van der Waals surface area contributed by atoms with Crippen LogP contribution in [0.15, 0.2) is 27.8 Å². The Morgan fingerprint density at radius 3 is 2.33 bits per heavy atom. The summed E-state index contributed by atoms with van der Waals surface area (Å²) in [5.41, 5.74) is -1.03. The Labute approximate surface area is 117 Å². The number of hydrogen-bond acceptors (Lipinski definition) is 6. The maximum Gasteiger partial charge on any atom is 0.417 e. The predicted octanol–water partition coefficient (Wildman–Crippen LogP) is 2.33. The molecule has 2 aromatic rings. The maximum absolute atomic E-state index is 12.4. The number of halogens is 3. The van der Waals surface area contributed by atoms with E-state index in [0.29, 0.717) is 12.3 Å². The zero-order valence-electron chi connectivity index (χ0n) is 10.9. The van der Waals surface area contributed by atoms with Gasteiger partial charge in [-0.1, -0.05) is 0 Å². The van der Waals surface area contributed by atoms with E-state index in [4.69, 9.17) is 4.42 Å². The van der Waals surface area contributed by atoms with Gasteiger partial charge in [0.05, 0.1) is 5.56 Å². The van der Waals surface area contributed by atoms with Crippen LogP contribution in [-0.2, 0) is 16.0 Å². The highest BCUT2D eigenvalue weighted by molar-refractivity contribution is 7.91. The molecule has 0 amide bonds. The lowest BCUT2D eigenvalue weighted by atomic mass is 10.3. The number of aryl methyl sites for hydroxylation is 1. The third kappa shape index (κ3) is 3.04. The molecule has 0 aliphatic heterocycles. The van der Waals surface area contributed by atoms with Crippen LogP contribution in [0.1, 0.15) is 29.5 Å². The largest absolute Gasteiger partial charge is 0.424 e. The molecule has 6 nitrogen and oxygen atoms in total. The first kappa shape index (κ1) is 15.4. The minimum absolute atomic E-state index is 0.144. The number of nitrogens with zero attached hydrogens (tertiary/aromatic N) is 3. The normalized spacial score (nSPS) is 14.1. The summed E-state index contributed by atoms with van der Waals surface area (Å²) in [5.74, 6) is 0.0432. The van der Waals surface area contributed by atoms with Crippen molar-refractivity contribution < 1.29 is 26.0 Å². The molecule has 2 aromatic heterocycles. The van der Waals surface area contributed by atoms with Crippen molar-refractivity contribution in [3.63, 3.8) is 0 Å². The Hall–Kier alpha value is -1.97. The Morgan fingerprint density at radius 1 is 1.24 bits per heavy atom. The Kier molecular flexibility index (Phi) is 3.74. The number of hydrogen-bond donors (Lipinski definition) is 0. The van der Waals surface area contributed by atoms with Crippen molar-refractivity contribution in [2.45, 2.75) is 30.3 Å². The second-order valence-electron chi connectivity index (χ2n) is 4.23. The van der Waals surface area contributed by atoms with Crippen LogP contribution < -0.4 is 0 Å². The van der Waals surface area contributed by atoms with Crippen molar-refractivity contribution in [2.24, 2.45) is 0 Å². The van der Waals surface area contributed by atoms with Crippen molar-refractivity contribution in [1.82, 2.24) is 15.2 Å². The van der Waals surface area contributed by atoms with Gasteiger partial charge in [-0.25, -0.2) is 13.4 Å². The number of rotatable bonds is 3. The monoisotopic (exact) mass is 321 g/mol. The van der Waals surface area contributed by atoms with Crippen LogP contribution in [-0.4, -0.2) is 23.6 Å². The van der Waals surface area contributed by atoms with Crippen molar-refractivity contribution in [3.05, 3.63) is 35.7 Å². The number of pyridine rings is 1. The number of alkyl halides is 3. The van der Waals surface area contributed by atoms with Crippen LogP contribution in [0.2, 0.25) is 0 Å². The zero-order chi connectivity index (χ0) is 15.8. The summed E-state index contributed by atoms with van der Waals surface area (Å²) in [6.07, 6.45) is -4.11. The summed E-state index contributed by atoms with van der Waals surface area (Å²) < 4.78 is 66.7. The van der Waals surface area contributed by atoms with Crippen LogP contribution in [0, 0.1) is 6.92 Å². The average Bonchev–Trinajstić information content (AvgIpc) is 2.83. The lowest BCUT2D eigenvalue weighted by Crippen LogP contribution is -2.14. The fourth-order valence-corrected chi connectivity index (χ4v) is 2.69. The third-order valence-corrected chi connectivity index (χ3v) is 4.67. The maximum atomic E-state index is 12.4. The lowest BCUT2D eigenvalue weighted by Gasteiger charge is -2.10. The first-order chi connectivity index (χ1) is 9.62. The van der Waals surface area contributed by atoms with Crippen molar-refractivity contribution >= 4 is 9.84 Å². The van der Waals surface area contributed by atoms with E-state index in [1.54, 1.807) is 0 Å². The fraction of sp³-hybridized carbons (Fsp3) is 0.364. The molecule has 114 valence electrons. The highest BCUT2D eigenvalue weighted by atomic mass is 32.2. The molecular formula is C11H10F3N3O3S. The first-order valence-corrected chi connectivity index (χ1v) is 7.24. The molecule has 21 heavy (non-hydrogen) atoms. The minimum atomic E-state index is -4.58. The molecule has 0 bridgehead atoms. The van der Waals surface area contributed by atoms with E-state index in [0.717, 1.165) is 6.07 Å². The second-order valence-corrected chi connectivity index (χ2v) is 6.44. The van der Waals surface area contributed by atoms with E-state index in [2.05, 4.69) is 15.2 Å². The number of aromatic nitrogens is 3. The summed E-state index contributed by atoms with van der Waals surface area (Å²) >= 11 is 0. The summed E-state index contributed by atoms with van der Waals surface area (Å²) in [7, 11) is -4.02. The predicted molar refractivity (Wildman–Crippen MR) is 63.9 cm³/mol. The van der Waals surface area contributed by atoms with Gasteiger partial charge in [0.15, 0.2) is 5.03 Å². The molecular weight excluding hydrogens is 311 g/mol. The molecule has 0 N–H and O–H groups in total. The Bertz CT molecular complexity index is 738. The molecule has 0 aromatic carbocycles. The zero-order valence-corrected chi connectivity index (χ0v) is 11.7. The summed E-state index contributed by atoms with van der Waals surface area (Å²) in [6, 6.07) is 1.46. The smallest absolute Gasteiger partial charge is 0.417 e. The van der Waals surface area contributed by atoms with Gasteiger partial charge < -0.3 is 4.42 Å². The van der Waals surface area contributed by atoms with Crippen LogP contribution in [0.4, 0.5) is 13.2 Å². The second kappa shape index (κ2) is 5.10. The van der Waals surface area contributed by atoms with Gasteiger partial charge in [-0.05, 0) is 19.1 Å². The van der Waals surface area contributed by atoms with Crippen LogP contribution >= 0.6 is 0 Å². The van der Waals surface area contributed by atoms with Crippen LogP contribution in [0.3, 0.4) is 0 Å². The first-order valence-electron chi connectivity index (χ1n) is 5.69. The summed E-state index contributed by atoms with van der Waals surface area (Å²) in [5, 5.41) is 5.41. The van der Waals surface area contributed by atoms with E-state index in [9.17, 15) is 21.6 Å². The molecule has 0 aliphatic rings. The van der Waals surface area contributed by atoms with Gasteiger partial charge in [0.25, 0.3) is 0 Å². The molecule has 0 saturated carbocycles. The lowest BCUT2D eigenvalue weighted by molar-refractivity contribution is -0.137. The van der Waals surface area contributed by atoms with E-state index < -0.39 is 31.9 Å². The van der Waals surface area contributed by atoms with E-state index in [1.807, 2.05) is 0 Å². The Balaban J connectivity index is 2.36. The highest BCUT2D eigenvalue weighted by Gasteiger charge is 2.34. The molecule has 1 atom stereocenters. The summed E-state index contributed by atoms with van der Waals surface area (Å²) in [4.78, 5) is 3.37. The quantitative estimate of drug-likeness (QED) is 0.862. The van der Waals surface area contributed by atoms with Crippen molar-refractivity contribution in [2.75, 3.05) is 0 Å². The molecule has 2 rings (SSSR count). The standard InChI is InChI=1S/C11H10F3N3O3S/c1-6(10-17-16-7(2)20-10)21(18,19)9-4-3-8(5-15-9)11(12,13)14/h3-6H,1-2H3/t6-/m1/s1. The van der Waals surface area contributed by atoms with Gasteiger partial charge in [0.2, 0.25) is 21.6 Å². The average molecular weight is 321 g/mol. The van der Waals surface area contributed by atoms with Gasteiger partial charge in [-0.2, -0.15) is 13.2 Å². The van der Waals surface area contributed by atoms with Gasteiger partial charge in [-0.15, -0.1) is 10.2 Å². The molecule has 0 aliphatic carbocycles. The molecule has 0 spiro atoms. The van der Waals surface area contributed by atoms with E-state index in [1.165, 1.54) is 13.8 Å². The topological polar surface area (TPSA) is 86.0 Å². The number of sulfone groups is 1.